The highest BCUT2D eigenvalue weighted by molar-refractivity contribution is 5.92. The predicted octanol–water partition coefficient (Wildman–Crippen LogP) is 3.35. The van der Waals surface area contributed by atoms with Gasteiger partial charge in [0.1, 0.15) is 23.7 Å². The van der Waals surface area contributed by atoms with Gasteiger partial charge >= 0.3 is 0 Å². The maximum atomic E-state index is 13.8. The van der Waals surface area contributed by atoms with Gasteiger partial charge in [-0.1, -0.05) is 18.2 Å². The molecule has 1 aromatic heterocycles. The second-order valence-corrected chi connectivity index (χ2v) is 6.09. The number of carbonyl (C=O) groups is 1. The number of ether oxygens (including phenoxy) is 2. The van der Waals surface area contributed by atoms with E-state index in [-0.39, 0.29) is 17.3 Å². The molecule has 0 radical (unpaired) electrons. The number of anilines is 2. The molecule has 0 aliphatic rings. The van der Waals surface area contributed by atoms with Gasteiger partial charge in [-0.15, -0.1) is 0 Å². The number of nitrogens with one attached hydrogen (secondary N) is 2. The highest BCUT2D eigenvalue weighted by Crippen LogP contribution is 2.27. The Morgan fingerprint density at radius 1 is 1.03 bits per heavy atom. The van der Waals surface area contributed by atoms with Crippen LogP contribution in [0.4, 0.5) is 15.9 Å². The van der Waals surface area contributed by atoms with E-state index in [0.29, 0.717) is 30.3 Å². The zero-order chi connectivity index (χ0) is 20.6. The number of halogens is 1. The molecule has 3 rings (SSSR count). The van der Waals surface area contributed by atoms with Crippen molar-refractivity contribution in [3.63, 3.8) is 0 Å². The van der Waals surface area contributed by atoms with E-state index < -0.39 is 5.82 Å². The van der Waals surface area contributed by atoms with Crippen LogP contribution in [0.5, 0.6) is 11.5 Å². The summed E-state index contributed by atoms with van der Waals surface area (Å²) in [5.74, 6) is 0.860. The Labute approximate surface area is 167 Å². The highest BCUT2D eigenvalue weighted by Gasteiger charge is 2.10. The number of rotatable bonds is 8. The molecule has 0 saturated carbocycles. The average molecular weight is 396 g/mol. The third kappa shape index (κ3) is 5.19. The van der Waals surface area contributed by atoms with Crippen molar-refractivity contribution in [1.29, 1.82) is 0 Å². The Balaban J connectivity index is 1.59. The van der Waals surface area contributed by atoms with Crippen LogP contribution in [0.1, 0.15) is 16.1 Å². The third-order valence-electron chi connectivity index (χ3n) is 4.18. The molecule has 2 aromatic carbocycles. The summed E-state index contributed by atoms with van der Waals surface area (Å²) in [7, 11) is 3.15. The number of benzene rings is 2. The zero-order valence-electron chi connectivity index (χ0n) is 16.1. The molecule has 1 amide bonds. The molecule has 8 heteroatoms. The van der Waals surface area contributed by atoms with E-state index >= 15 is 0 Å². The van der Waals surface area contributed by atoms with Crippen LogP contribution in [0, 0.1) is 5.82 Å². The van der Waals surface area contributed by atoms with E-state index in [1.165, 1.54) is 18.5 Å². The number of amides is 1. The second-order valence-electron chi connectivity index (χ2n) is 6.09. The summed E-state index contributed by atoms with van der Waals surface area (Å²) in [4.78, 5) is 20.4. The quantitative estimate of drug-likeness (QED) is 0.607. The summed E-state index contributed by atoms with van der Waals surface area (Å²) in [6, 6.07) is 13.3. The first kappa shape index (κ1) is 20.1. The van der Waals surface area contributed by atoms with Crippen molar-refractivity contribution in [2.75, 3.05) is 26.1 Å². The Hall–Kier alpha value is -3.68. The van der Waals surface area contributed by atoms with Gasteiger partial charge in [0.25, 0.3) is 5.91 Å². The molecule has 7 nitrogen and oxygen atoms in total. The number of nitrogens with zero attached hydrogens (tertiary/aromatic N) is 2. The normalized spacial score (nSPS) is 10.3. The lowest BCUT2D eigenvalue weighted by atomic mass is 10.1. The first-order valence-electron chi connectivity index (χ1n) is 8.93. The Kier molecular flexibility index (Phi) is 6.57. The molecule has 0 bridgehead atoms. The highest BCUT2D eigenvalue weighted by atomic mass is 19.1. The van der Waals surface area contributed by atoms with Crippen LogP contribution in [0.3, 0.4) is 0 Å². The molecular formula is C21H21FN4O3. The third-order valence-corrected chi connectivity index (χ3v) is 4.18. The molecule has 0 atom stereocenters. The fraction of sp³-hybridized carbons (Fsp3) is 0.190. The number of hydrogen-bond acceptors (Lipinski definition) is 6. The molecule has 1 heterocycles. The zero-order valence-corrected chi connectivity index (χ0v) is 16.1. The SMILES string of the molecule is COc1ccc(CCNC(=O)c2cc(Nc3ccccc3F)ncn2)cc1OC. The fourth-order valence-corrected chi connectivity index (χ4v) is 2.70. The summed E-state index contributed by atoms with van der Waals surface area (Å²) in [5, 5.41) is 5.65. The van der Waals surface area contributed by atoms with E-state index in [0.717, 1.165) is 5.56 Å². The van der Waals surface area contributed by atoms with Crippen LogP contribution >= 0.6 is 0 Å². The number of aromatic nitrogens is 2. The van der Waals surface area contributed by atoms with Crippen molar-refractivity contribution in [3.05, 3.63) is 71.9 Å². The van der Waals surface area contributed by atoms with Crippen LogP contribution in [0.25, 0.3) is 0 Å². The van der Waals surface area contributed by atoms with Gasteiger partial charge in [-0.3, -0.25) is 4.79 Å². The number of hydrogen-bond donors (Lipinski definition) is 2. The van der Waals surface area contributed by atoms with Crippen LogP contribution in [0.15, 0.2) is 54.9 Å². The molecule has 0 saturated heterocycles. The lowest BCUT2D eigenvalue weighted by molar-refractivity contribution is 0.0949. The van der Waals surface area contributed by atoms with Crippen molar-refractivity contribution in [3.8, 4) is 11.5 Å². The summed E-state index contributed by atoms with van der Waals surface area (Å²) in [6.45, 7) is 0.411. The Morgan fingerprint density at radius 2 is 1.83 bits per heavy atom. The number of carbonyl (C=O) groups excluding carboxylic acids is 1. The molecule has 150 valence electrons. The number of para-hydroxylation sites is 1. The Bertz CT molecular complexity index is 997. The van der Waals surface area contributed by atoms with Crippen LogP contribution in [-0.4, -0.2) is 36.6 Å². The molecule has 0 spiro atoms. The minimum atomic E-state index is -0.410. The van der Waals surface area contributed by atoms with Gasteiger partial charge in [0.2, 0.25) is 0 Å². The van der Waals surface area contributed by atoms with Gasteiger partial charge in [0.15, 0.2) is 11.5 Å². The molecule has 2 N–H and O–H groups in total. The molecule has 0 aliphatic carbocycles. The number of methoxy groups -OCH3 is 2. The molecule has 29 heavy (non-hydrogen) atoms. The van der Waals surface area contributed by atoms with Gasteiger partial charge in [-0.2, -0.15) is 0 Å². The van der Waals surface area contributed by atoms with E-state index in [4.69, 9.17) is 9.47 Å². The minimum Gasteiger partial charge on any atom is -0.493 e. The summed E-state index contributed by atoms with van der Waals surface area (Å²) < 4.78 is 24.3. The van der Waals surface area contributed by atoms with Crippen molar-refractivity contribution < 1.29 is 18.7 Å². The van der Waals surface area contributed by atoms with E-state index in [1.54, 1.807) is 32.4 Å². The van der Waals surface area contributed by atoms with Gasteiger partial charge in [0.05, 0.1) is 19.9 Å². The predicted molar refractivity (Wildman–Crippen MR) is 107 cm³/mol. The van der Waals surface area contributed by atoms with Crippen molar-refractivity contribution in [2.24, 2.45) is 0 Å². The Morgan fingerprint density at radius 3 is 2.59 bits per heavy atom. The van der Waals surface area contributed by atoms with Crippen molar-refractivity contribution in [1.82, 2.24) is 15.3 Å². The lowest BCUT2D eigenvalue weighted by Crippen LogP contribution is -2.26. The molecule has 3 aromatic rings. The van der Waals surface area contributed by atoms with E-state index in [2.05, 4.69) is 20.6 Å². The van der Waals surface area contributed by atoms with Gasteiger partial charge < -0.3 is 20.1 Å². The van der Waals surface area contributed by atoms with E-state index in [9.17, 15) is 9.18 Å². The first-order chi connectivity index (χ1) is 14.1. The smallest absolute Gasteiger partial charge is 0.270 e. The van der Waals surface area contributed by atoms with Crippen molar-refractivity contribution in [2.45, 2.75) is 6.42 Å². The van der Waals surface area contributed by atoms with Gasteiger partial charge in [0, 0.05) is 12.6 Å². The monoisotopic (exact) mass is 396 g/mol. The summed E-state index contributed by atoms with van der Waals surface area (Å²) >= 11 is 0. The maximum absolute atomic E-state index is 13.8. The van der Waals surface area contributed by atoms with E-state index in [1.807, 2.05) is 18.2 Å². The minimum absolute atomic E-state index is 0.186. The van der Waals surface area contributed by atoms with Crippen LogP contribution in [0.2, 0.25) is 0 Å². The molecular weight excluding hydrogens is 375 g/mol. The largest absolute Gasteiger partial charge is 0.493 e. The molecule has 0 unspecified atom stereocenters. The topological polar surface area (TPSA) is 85.4 Å². The summed E-state index contributed by atoms with van der Waals surface area (Å²) in [6.07, 6.45) is 1.87. The average Bonchev–Trinajstić information content (AvgIpc) is 2.75. The summed E-state index contributed by atoms with van der Waals surface area (Å²) in [5.41, 5.74) is 1.45. The lowest BCUT2D eigenvalue weighted by Gasteiger charge is -2.10. The molecule has 0 fully saturated rings. The van der Waals surface area contributed by atoms with Crippen LogP contribution in [-0.2, 0) is 6.42 Å². The fourth-order valence-electron chi connectivity index (χ4n) is 2.70. The van der Waals surface area contributed by atoms with Crippen molar-refractivity contribution >= 4 is 17.4 Å². The maximum Gasteiger partial charge on any atom is 0.270 e. The van der Waals surface area contributed by atoms with Crippen LogP contribution < -0.4 is 20.1 Å². The first-order valence-corrected chi connectivity index (χ1v) is 8.93. The standard InChI is InChI=1S/C21H21FN4O3/c1-28-18-8-7-14(11-19(18)29-2)9-10-23-21(27)17-12-20(25-13-24-17)26-16-6-4-3-5-15(16)22/h3-8,11-13H,9-10H2,1-2H3,(H,23,27)(H,24,25,26). The molecule has 0 aliphatic heterocycles. The van der Waals surface area contributed by atoms with Gasteiger partial charge in [-0.25, -0.2) is 14.4 Å². The van der Waals surface area contributed by atoms with Gasteiger partial charge in [-0.05, 0) is 36.2 Å². The second kappa shape index (κ2) is 9.50.